The fraction of sp³-hybridized carbons (Fsp3) is 0.312. The first kappa shape index (κ1) is 15.1. The van der Waals surface area contributed by atoms with E-state index in [1.807, 2.05) is 25.1 Å². The Bertz CT molecular complexity index is 772. The Morgan fingerprint density at radius 3 is 2.91 bits per heavy atom. The Morgan fingerprint density at radius 2 is 2.13 bits per heavy atom. The van der Waals surface area contributed by atoms with Crippen LogP contribution in [0.1, 0.15) is 18.5 Å². The minimum absolute atomic E-state index is 0.0679. The van der Waals surface area contributed by atoms with Crippen LogP contribution in [0.4, 0.5) is 0 Å². The van der Waals surface area contributed by atoms with E-state index >= 15 is 0 Å². The van der Waals surface area contributed by atoms with Crippen LogP contribution in [0.5, 0.6) is 11.5 Å². The summed E-state index contributed by atoms with van der Waals surface area (Å²) < 4.78 is 12.3. The third kappa shape index (κ3) is 3.50. The van der Waals surface area contributed by atoms with Crippen molar-refractivity contribution in [1.82, 2.24) is 14.9 Å². The van der Waals surface area contributed by atoms with E-state index in [2.05, 4.69) is 10.3 Å². The van der Waals surface area contributed by atoms with E-state index in [0.717, 1.165) is 5.56 Å². The number of hydrogen-bond donors (Lipinski definition) is 1. The van der Waals surface area contributed by atoms with Crippen molar-refractivity contribution in [1.29, 1.82) is 0 Å². The maximum atomic E-state index is 12.1. The van der Waals surface area contributed by atoms with E-state index in [1.165, 1.54) is 17.0 Å². The highest BCUT2D eigenvalue weighted by Gasteiger charge is 2.16. The van der Waals surface area contributed by atoms with Crippen LogP contribution >= 0.6 is 0 Å². The molecule has 2 heterocycles. The fourth-order valence-corrected chi connectivity index (χ4v) is 2.36. The Morgan fingerprint density at radius 1 is 1.35 bits per heavy atom. The van der Waals surface area contributed by atoms with Crippen molar-refractivity contribution >= 4 is 5.91 Å². The second-order valence-electron chi connectivity index (χ2n) is 5.22. The van der Waals surface area contributed by atoms with Crippen molar-refractivity contribution in [2.75, 3.05) is 13.2 Å². The highest BCUT2D eigenvalue weighted by Crippen LogP contribution is 2.32. The molecule has 1 unspecified atom stereocenters. The van der Waals surface area contributed by atoms with Gasteiger partial charge in [-0.3, -0.25) is 9.36 Å². The lowest BCUT2D eigenvalue weighted by atomic mass is 10.1. The van der Waals surface area contributed by atoms with Gasteiger partial charge in [0.1, 0.15) is 19.8 Å². The number of carbonyl (C=O) groups excluding carboxylic acids is 1. The molecule has 1 aliphatic heterocycles. The molecule has 7 nitrogen and oxygen atoms in total. The van der Waals surface area contributed by atoms with E-state index < -0.39 is 5.69 Å². The number of rotatable bonds is 4. The maximum absolute atomic E-state index is 12.1. The first-order chi connectivity index (χ1) is 11.1. The van der Waals surface area contributed by atoms with Gasteiger partial charge in [0.05, 0.1) is 6.04 Å². The van der Waals surface area contributed by atoms with Gasteiger partial charge in [-0.25, -0.2) is 9.78 Å². The summed E-state index contributed by atoms with van der Waals surface area (Å²) >= 11 is 0. The molecule has 0 spiro atoms. The third-order valence-corrected chi connectivity index (χ3v) is 3.54. The Kier molecular flexibility index (Phi) is 4.27. The average Bonchev–Trinajstić information content (AvgIpc) is 2.56. The summed E-state index contributed by atoms with van der Waals surface area (Å²) in [5, 5.41) is 2.86. The number of benzene rings is 1. The van der Waals surface area contributed by atoms with Crippen LogP contribution in [0.25, 0.3) is 0 Å². The summed E-state index contributed by atoms with van der Waals surface area (Å²) in [6.45, 7) is 2.86. The summed E-state index contributed by atoms with van der Waals surface area (Å²) in [6.07, 6.45) is 2.93. The monoisotopic (exact) mass is 315 g/mol. The number of aromatic nitrogens is 2. The molecule has 23 heavy (non-hydrogen) atoms. The van der Waals surface area contributed by atoms with Gasteiger partial charge in [0.2, 0.25) is 5.91 Å². The van der Waals surface area contributed by atoms with E-state index in [-0.39, 0.29) is 18.5 Å². The predicted octanol–water partition coefficient (Wildman–Crippen LogP) is 0.892. The highest BCUT2D eigenvalue weighted by atomic mass is 16.6. The first-order valence-corrected chi connectivity index (χ1v) is 7.34. The maximum Gasteiger partial charge on any atom is 0.347 e. The van der Waals surface area contributed by atoms with E-state index in [4.69, 9.17) is 9.47 Å². The molecule has 0 saturated carbocycles. The lowest BCUT2D eigenvalue weighted by Crippen LogP contribution is -2.34. The van der Waals surface area contributed by atoms with Crippen molar-refractivity contribution < 1.29 is 14.3 Å². The normalized spacial score (nSPS) is 14.1. The Labute approximate surface area is 132 Å². The lowest BCUT2D eigenvalue weighted by molar-refractivity contribution is -0.122. The third-order valence-electron chi connectivity index (χ3n) is 3.54. The van der Waals surface area contributed by atoms with Gasteiger partial charge in [0, 0.05) is 12.4 Å². The van der Waals surface area contributed by atoms with Gasteiger partial charge >= 0.3 is 5.69 Å². The van der Waals surface area contributed by atoms with Gasteiger partial charge in [-0.15, -0.1) is 0 Å². The highest BCUT2D eigenvalue weighted by molar-refractivity contribution is 5.76. The van der Waals surface area contributed by atoms with Crippen LogP contribution in [0.2, 0.25) is 0 Å². The molecule has 0 bridgehead atoms. The quantitative estimate of drug-likeness (QED) is 0.906. The summed E-state index contributed by atoms with van der Waals surface area (Å²) in [5.41, 5.74) is 0.454. The van der Waals surface area contributed by atoms with Gasteiger partial charge in [-0.1, -0.05) is 6.07 Å². The van der Waals surface area contributed by atoms with Gasteiger partial charge in [-0.2, -0.15) is 0 Å². The molecule has 1 atom stereocenters. The van der Waals surface area contributed by atoms with Crippen LogP contribution in [0.3, 0.4) is 0 Å². The molecule has 1 aromatic carbocycles. The minimum atomic E-state index is -0.449. The van der Waals surface area contributed by atoms with Gasteiger partial charge in [-0.05, 0) is 30.7 Å². The zero-order valence-corrected chi connectivity index (χ0v) is 12.7. The average molecular weight is 315 g/mol. The van der Waals surface area contributed by atoms with Gasteiger partial charge in [0.25, 0.3) is 0 Å². The molecule has 0 radical (unpaired) electrons. The Balaban J connectivity index is 1.67. The number of ether oxygens (including phenoxy) is 2. The summed E-state index contributed by atoms with van der Waals surface area (Å²) in [7, 11) is 0. The number of amides is 1. The largest absolute Gasteiger partial charge is 0.486 e. The molecule has 1 amide bonds. The molecular formula is C16H17N3O4. The SMILES string of the molecule is CC(NC(=O)Cn1cccnc1=O)c1ccc2c(c1)OCCO2. The topological polar surface area (TPSA) is 82.5 Å². The van der Waals surface area contributed by atoms with Crippen molar-refractivity contribution in [2.24, 2.45) is 0 Å². The smallest absolute Gasteiger partial charge is 0.347 e. The molecular weight excluding hydrogens is 298 g/mol. The van der Waals surface area contributed by atoms with Crippen molar-refractivity contribution in [3.8, 4) is 11.5 Å². The van der Waals surface area contributed by atoms with E-state index in [9.17, 15) is 9.59 Å². The van der Waals surface area contributed by atoms with Gasteiger partial charge < -0.3 is 14.8 Å². The Hall–Kier alpha value is -2.83. The lowest BCUT2D eigenvalue weighted by Gasteiger charge is -2.21. The minimum Gasteiger partial charge on any atom is -0.486 e. The summed E-state index contributed by atoms with van der Waals surface area (Å²) in [4.78, 5) is 27.2. The fourth-order valence-electron chi connectivity index (χ4n) is 2.36. The van der Waals surface area contributed by atoms with Crippen LogP contribution in [0, 0.1) is 0 Å². The van der Waals surface area contributed by atoms with Crippen LogP contribution in [-0.2, 0) is 11.3 Å². The number of carbonyl (C=O) groups is 1. The molecule has 0 saturated heterocycles. The van der Waals surface area contributed by atoms with Crippen LogP contribution in [0.15, 0.2) is 41.5 Å². The van der Waals surface area contributed by atoms with Crippen molar-refractivity contribution in [2.45, 2.75) is 19.5 Å². The molecule has 0 aliphatic carbocycles. The van der Waals surface area contributed by atoms with Gasteiger partial charge in [0.15, 0.2) is 11.5 Å². The molecule has 1 N–H and O–H groups in total. The first-order valence-electron chi connectivity index (χ1n) is 7.34. The molecule has 2 aromatic rings. The van der Waals surface area contributed by atoms with Crippen molar-refractivity contribution in [3.63, 3.8) is 0 Å². The number of hydrogen-bond acceptors (Lipinski definition) is 5. The van der Waals surface area contributed by atoms with Crippen LogP contribution < -0.4 is 20.5 Å². The van der Waals surface area contributed by atoms with Crippen LogP contribution in [-0.4, -0.2) is 28.7 Å². The molecule has 7 heteroatoms. The molecule has 0 fully saturated rings. The molecule has 120 valence electrons. The predicted molar refractivity (Wildman–Crippen MR) is 82.5 cm³/mol. The summed E-state index contributed by atoms with van der Waals surface area (Å²) in [6, 6.07) is 6.97. The number of fused-ring (bicyclic) bond motifs is 1. The zero-order chi connectivity index (χ0) is 16.2. The summed E-state index contributed by atoms with van der Waals surface area (Å²) in [5.74, 6) is 1.13. The molecule has 1 aliphatic rings. The number of nitrogens with zero attached hydrogens (tertiary/aromatic N) is 2. The van der Waals surface area contributed by atoms with E-state index in [1.54, 1.807) is 6.07 Å². The molecule has 3 rings (SSSR count). The van der Waals surface area contributed by atoms with Crippen molar-refractivity contribution in [3.05, 3.63) is 52.7 Å². The standard InChI is InChI=1S/C16H17N3O4/c1-11(12-3-4-13-14(9-12)23-8-7-22-13)18-15(20)10-19-6-2-5-17-16(19)21/h2-6,9,11H,7-8,10H2,1H3,(H,18,20). The zero-order valence-electron chi connectivity index (χ0n) is 12.7. The van der Waals surface area contributed by atoms with E-state index in [0.29, 0.717) is 24.7 Å². The second kappa shape index (κ2) is 6.51. The molecule has 1 aromatic heterocycles. The second-order valence-corrected chi connectivity index (χ2v) is 5.22. The number of nitrogens with one attached hydrogen (secondary N) is 1.